The van der Waals surface area contributed by atoms with E-state index in [1.165, 1.54) is 18.3 Å². The standard InChI is InChI=1S/C27H24ClN5O5S/c1-37-22-10-8-16(13-19(22)28)30-24(35)15-39-27-32-20-7-3-2-6-18(20)25-31-21(26(36)33(25)27)9-11-23(34)29-14-17-5-4-12-38-17/h2-8,10,12-13,21H,9,11,14-15H2,1H3,(H,29,34)(H,30,35)/t21-/m1/s1. The number of aliphatic imine (C=N–C) groups is 2. The number of para-hydroxylation sites is 1. The maximum atomic E-state index is 13.4. The number of nitrogens with zero attached hydrogens (tertiary/aromatic N) is 3. The van der Waals surface area contributed by atoms with Gasteiger partial charge in [0.15, 0.2) is 5.17 Å². The first kappa shape index (κ1) is 26.5. The van der Waals surface area contributed by atoms with E-state index < -0.39 is 6.04 Å². The van der Waals surface area contributed by atoms with Crippen LogP contribution in [0.2, 0.25) is 5.02 Å². The average Bonchev–Trinajstić information content (AvgIpc) is 3.58. The molecule has 1 aromatic heterocycles. The van der Waals surface area contributed by atoms with Gasteiger partial charge in [-0.05, 0) is 48.9 Å². The van der Waals surface area contributed by atoms with Crippen LogP contribution in [-0.4, -0.2) is 52.5 Å². The molecule has 3 amide bonds. The Morgan fingerprint density at radius 3 is 2.77 bits per heavy atom. The van der Waals surface area contributed by atoms with Gasteiger partial charge in [0.2, 0.25) is 11.8 Å². The lowest BCUT2D eigenvalue weighted by atomic mass is 10.1. The van der Waals surface area contributed by atoms with E-state index in [2.05, 4.69) is 20.6 Å². The number of methoxy groups -OCH3 is 1. The van der Waals surface area contributed by atoms with Crippen molar-refractivity contribution in [2.45, 2.75) is 25.4 Å². The van der Waals surface area contributed by atoms with Crippen LogP contribution in [0.25, 0.3) is 0 Å². The molecule has 2 aromatic carbocycles. The molecule has 200 valence electrons. The molecule has 0 bridgehead atoms. The summed E-state index contributed by atoms with van der Waals surface area (Å²) in [6.45, 7) is 0.275. The highest BCUT2D eigenvalue weighted by molar-refractivity contribution is 8.14. The van der Waals surface area contributed by atoms with Crippen molar-refractivity contribution in [3.63, 3.8) is 0 Å². The minimum absolute atomic E-state index is 0.00155. The maximum Gasteiger partial charge on any atom is 0.259 e. The number of nitrogens with one attached hydrogen (secondary N) is 2. The Hall–Kier alpha value is -4.09. The summed E-state index contributed by atoms with van der Waals surface area (Å²) in [5.41, 5.74) is 1.89. The predicted octanol–water partition coefficient (Wildman–Crippen LogP) is 4.37. The van der Waals surface area contributed by atoms with Crippen molar-refractivity contribution in [2.24, 2.45) is 9.98 Å². The molecule has 0 spiro atoms. The second-order valence-corrected chi connectivity index (χ2v) is 9.98. The number of amides is 3. The van der Waals surface area contributed by atoms with Crippen LogP contribution in [0.4, 0.5) is 11.4 Å². The van der Waals surface area contributed by atoms with Gasteiger partial charge in [0.1, 0.15) is 23.4 Å². The van der Waals surface area contributed by atoms with Crippen LogP contribution in [0.3, 0.4) is 0 Å². The molecule has 2 N–H and O–H groups in total. The van der Waals surface area contributed by atoms with Crippen LogP contribution >= 0.6 is 23.4 Å². The normalized spacial score (nSPS) is 15.7. The molecule has 10 nitrogen and oxygen atoms in total. The molecule has 1 atom stereocenters. The van der Waals surface area contributed by atoms with Crippen LogP contribution < -0.4 is 15.4 Å². The molecular formula is C27H24ClN5O5S. The second kappa shape index (κ2) is 11.7. The van der Waals surface area contributed by atoms with E-state index in [9.17, 15) is 14.4 Å². The molecule has 0 radical (unpaired) electrons. The van der Waals surface area contributed by atoms with Gasteiger partial charge in [0, 0.05) is 17.7 Å². The lowest BCUT2D eigenvalue weighted by molar-refractivity contribution is -0.125. The zero-order chi connectivity index (χ0) is 27.4. The number of furan rings is 1. The molecule has 3 heterocycles. The molecule has 0 aliphatic carbocycles. The van der Waals surface area contributed by atoms with Gasteiger partial charge in [0.25, 0.3) is 5.91 Å². The van der Waals surface area contributed by atoms with Crippen molar-refractivity contribution >= 4 is 63.5 Å². The van der Waals surface area contributed by atoms with Gasteiger partial charge in [-0.1, -0.05) is 35.5 Å². The number of ether oxygens (including phenoxy) is 1. The minimum Gasteiger partial charge on any atom is -0.495 e. The number of carbonyl (C=O) groups is 3. The summed E-state index contributed by atoms with van der Waals surface area (Å²) < 4.78 is 10.4. The summed E-state index contributed by atoms with van der Waals surface area (Å²) in [6, 6.07) is 15.1. The molecule has 2 aliphatic rings. The van der Waals surface area contributed by atoms with Gasteiger partial charge in [-0.3, -0.25) is 19.4 Å². The minimum atomic E-state index is -0.735. The molecule has 2 aliphatic heterocycles. The highest BCUT2D eigenvalue weighted by Crippen LogP contribution is 2.34. The SMILES string of the molecule is COc1ccc(NC(=O)CSC2=Nc3ccccc3C3=N[C@H](CCC(=O)NCc4ccco4)C(=O)N23)cc1Cl. The van der Waals surface area contributed by atoms with E-state index in [0.717, 1.165) is 17.3 Å². The highest BCUT2D eigenvalue weighted by atomic mass is 35.5. The molecular weight excluding hydrogens is 542 g/mol. The first-order valence-electron chi connectivity index (χ1n) is 12.1. The number of fused-ring (bicyclic) bond motifs is 3. The van der Waals surface area contributed by atoms with Crippen molar-refractivity contribution < 1.29 is 23.5 Å². The summed E-state index contributed by atoms with van der Waals surface area (Å²) >= 11 is 7.28. The van der Waals surface area contributed by atoms with E-state index >= 15 is 0 Å². The Morgan fingerprint density at radius 1 is 1.15 bits per heavy atom. The highest BCUT2D eigenvalue weighted by Gasteiger charge is 2.41. The quantitative estimate of drug-likeness (QED) is 0.397. The Balaban J connectivity index is 1.24. The number of anilines is 1. The Labute approximate surface area is 233 Å². The summed E-state index contributed by atoms with van der Waals surface area (Å²) in [6.07, 6.45) is 1.90. The molecule has 5 rings (SSSR count). The van der Waals surface area contributed by atoms with Crippen molar-refractivity contribution in [1.82, 2.24) is 10.2 Å². The van der Waals surface area contributed by atoms with E-state index in [-0.39, 0.29) is 42.9 Å². The molecule has 12 heteroatoms. The number of hydrogen-bond acceptors (Lipinski definition) is 8. The third kappa shape index (κ3) is 5.99. The number of rotatable bonds is 9. The fourth-order valence-corrected chi connectivity index (χ4v) is 5.17. The fraction of sp³-hybridized carbons (Fsp3) is 0.222. The number of amidine groups is 2. The molecule has 39 heavy (non-hydrogen) atoms. The fourth-order valence-electron chi connectivity index (χ4n) is 4.11. The molecule has 3 aromatic rings. The smallest absolute Gasteiger partial charge is 0.259 e. The average molecular weight is 566 g/mol. The van der Waals surface area contributed by atoms with Crippen LogP contribution in [0.5, 0.6) is 5.75 Å². The van der Waals surface area contributed by atoms with Gasteiger partial charge in [-0.25, -0.2) is 9.89 Å². The van der Waals surface area contributed by atoms with E-state index in [1.807, 2.05) is 24.3 Å². The summed E-state index contributed by atoms with van der Waals surface area (Å²) in [7, 11) is 1.51. The largest absolute Gasteiger partial charge is 0.495 e. The van der Waals surface area contributed by atoms with Gasteiger partial charge in [0.05, 0.1) is 36.4 Å². The van der Waals surface area contributed by atoms with Crippen molar-refractivity contribution in [3.8, 4) is 5.75 Å². The van der Waals surface area contributed by atoms with Crippen molar-refractivity contribution in [2.75, 3.05) is 18.2 Å². The van der Waals surface area contributed by atoms with Gasteiger partial charge >= 0.3 is 0 Å². The Morgan fingerprint density at radius 2 is 2.00 bits per heavy atom. The molecule has 0 fully saturated rings. The second-order valence-electron chi connectivity index (χ2n) is 8.63. The molecule has 0 unspecified atom stereocenters. The number of carbonyl (C=O) groups excluding carboxylic acids is 3. The first-order valence-corrected chi connectivity index (χ1v) is 13.4. The van der Waals surface area contributed by atoms with Crippen molar-refractivity contribution in [1.29, 1.82) is 0 Å². The molecule has 0 saturated carbocycles. The zero-order valence-electron chi connectivity index (χ0n) is 20.8. The van der Waals surface area contributed by atoms with Gasteiger partial charge < -0.3 is 19.8 Å². The Kier molecular flexibility index (Phi) is 7.99. The van der Waals surface area contributed by atoms with Crippen LogP contribution in [0, 0.1) is 0 Å². The van der Waals surface area contributed by atoms with Crippen molar-refractivity contribution in [3.05, 3.63) is 77.2 Å². The first-order chi connectivity index (χ1) is 18.9. The zero-order valence-corrected chi connectivity index (χ0v) is 22.4. The summed E-state index contributed by atoms with van der Waals surface area (Å²) in [4.78, 5) is 49.2. The van der Waals surface area contributed by atoms with Gasteiger partial charge in [-0.2, -0.15) is 0 Å². The third-order valence-corrected chi connectivity index (χ3v) is 7.23. The van der Waals surface area contributed by atoms with E-state index in [4.69, 9.17) is 20.8 Å². The lowest BCUT2D eigenvalue weighted by Crippen LogP contribution is -2.41. The molecule has 0 saturated heterocycles. The number of halogens is 1. The van der Waals surface area contributed by atoms with Gasteiger partial charge in [-0.15, -0.1) is 0 Å². The van der Waals surface area contributed by atoms with Crippen LogP contribution in [0.15, 0.2) is 75.3 Å². The number of benzene rings is 2. The monoisotopic (exact) mass is 565 g/mol. The number of hydrogen-bond donors (Lipinski definition) is 2. The number of thioether (sulfide) groups is 1. The summed E-state index contributed by atoms with van der Waals surface area (Å²) in [5, 5.41) is 6.29. The Bertz CT molecular complexity index is 1470. The topological polar surface area (TPSA) is 126 Å². The van der Waals surface area contributed by atoms with E-state index in [1.54, 1.807) is 30.3 Å². The van der Waals surface area contributed by atoms with Crippen LogP contribution in [0.1, 0.15) is 24.2 Å². The predicted molar refractivity (Wildman–Crippen MR) is 150 cm³/mol. The van der Waals surface area contributed by atoms with E-state index in [0.29, 0.717) is 38.9 Å². The lowest BCUT2D eigenvalue weighted by Gasteiger charge is -2.25. The third-order valence-electron chi connectivity index (χ3n) is 6.00. The summed E-state index contributed by atoms with van der Waals surface area (Å²) in [5.74, 6) is 0.834. The van der Waals surface area contributed by atoms with Crippen LogP contribution in [-0.2, 0) is 20.9 Å². The maximum absolute atomic E-state index is 13.4.